The van der Waals surface area contributed by atoms with E-state index in [2.05, 4.69) is 6.58 Å². The third-order valence-corrected chi connectivity index (χ3v) is 2.74. The van der Waals surface area contributed by atoms with Crippen LogP contribution in [-0.4, -0.2) is 30.5 Å². The standard InChI is InChI=1S/C14H15ClO4/c1-3-18-14(17)12(15)10(2)9-19-13(16)11-7-5-4-6-8-11/h4-8,12H,2-3,9H2,1H3. The van der Waals surface area contributed by atoms with Gasteiger partial charge < -0.3 is 9.47 Å². The molecular weight excluding hydrogens is 268 g/mol. The van der Waals surface area contributed by atoms with E-state index in [4.69, 9.17) is 21.1 Å². The lowest BCUT2D eigenvalue weighted by Crippen LogP contribution is -2.23. The van der Waals surface area contributed by atoms with Gasteiger partial charge in [0.1, 0.15) is 6.61 Å². The molecule has 0 spiro atoms. The summed E-state index contributed by atoms with van der Waals surface area (Å²) in [5.41, 5.74) is 0.710. The Bertz CT molecular complexity index is 456. The molecule has 0 fully saturated rings. The number of hydrogen-bond acceptors (Lipinski definition) is 4. The fraction of sp³-hybridized carbons (Fsp3) is 0.286. The maximum absolute atomic E-state index is 11.6. The highest BCUT2D eigenvalue weighted by molar-refractivity contribution is 6.31. The van der Waals surface area contributed by atoms with Crippen LogP contribution in [0.2, 0.25) is 0 Å². The lowest BCUT2D eigenvalue weighted by Gasteiger charge is -2.12. The number of carbonyl (C=O) groups is 2. The normalized spacial score (nSPS) is 11.5. The highest BCUT2D eigenvalue weighted by Crippen LogP contribution is 2.11. The van der Waals surface area contributed by atoms with Gasteiger partial charge in [-0.1, -0.05) is 24.8 Å². The van der Waals surface area contributed by atoms with E-state index in [0.717, 1.165) is 0 Å². The Hall–Kier alpha value is -1.81. The van der Waals surface area contributed by atoms with Gasteiger partial charge in [-0.3, -0.25) is 4.79 Å². The van der Waals surface area contributed by atoms with E-state index in [1.54, 1.807) is 37.3 Å². The predicted octanol–water partition coefficient (Wildman–Crippen LogP) is 2.57. The summed E-state index contributed by atoms with van der Waals surface area (Å²) < 4.78 is 9.75. The van der Waals surface area contributed by atoms with Crippen molar-refractivity contribution in [2.45, 2.75) is 12.3 Å². The highest BCUT2D eigenvalue weighted by Gasteiger charge is 2.21. The van der Waals surface area contributed by atoms with Crippen LogP contribution in [0, 0.1) is 0 Å². The molecule has 102 valence electrons. The van der Waals surface area contributed by atoms with E-state index in [9.17, 15) is 9.59 Å². The third-order valence-electron chi connectivity index (χ3n) is 2.25. The minimum absolute atomic E-state index is 0.124. The quantitative estimate of drug-likeness (QED) is 0.457. The highest BCUT2D eigenvalue weighted by atomic mass is 35.5. The minimum atomic E-state index is -1.01. The van der Waals surface area contributed by atoms with Crippen molar-refractivity contribution in [1.82, 2.24) is 0 Å². The zero-order valence-corrected chi connectivity index (χ0v) is 11.4. The molecule has 0 aliphatic heterocycles. The first kappa shape index (κ1) is 15.2. The van der Waals surface area contributed by atoms with Crippen LogP contribution >= 0.6 is 11.6 Å². The molecule has 1 aromatic rings. The van der Waals surface area contributed by atoms with Crippen molar-refractivity contribution >= 4 is 23.5 Å². The molecule has 0 bridgehead atoms. The molecule has 0 aromatic heterocycles. The van der Waals surface area contributed by atoms with E-state index in [1.165, 1.54) is 0 Å². The topological polar surface area (TPSA) is 52.6 Å². The summed E-state index contributed by atoms with van der Waals surface area (Å²) in [7, 11) is 0. The lowest BCUT2D eigenvalue weighted by molar-refractivity contribution is -0.142. The fourth-order valence-electron chi connectivity index (χ4n) is 1.27. The Balaban J connectivity index is 2.46. The largest absolute Gasteiger partial charge is 0.465 e. The summed E-state index contributed by atoms with van der Waals surface area (Å²) in [6.45, 7) is 5.40. The molecule has 0 radical (unpaired) electrons. The van der Waals surface area contributed by atoms with E-state index >= 15 is 0 Å². The number of benzene rings is 1. The second-order valence-corrected chi connectivity index (χ2v) is 4.15. The maximum Gasteiger partial charge on any atom is 0.338 e. The van der Waals surface area contributed by atoms with Crippen molar-refractivity contribution in [3.63, 3.8) is 0 Å². The van der Waals surface area contributed by atoms with E-state index < -0.39 is 17.3 Å². The Labute approximate surface area is 117 Å². The smallest absolute Gasteiger partial charge is 0.338 e. The summed E-state index contributed by atoms with van der Waals surface area (Å²) in [4.78, 5) is 23.0. The zero-order chi connectivity index (χ0) is 14.3. The molecule has 0 saturated carbocycles. The number of carbonyl (C=O) groups excluding carboxylic acids is 2. The predicted molar refractivity (Wildman–Crippen MR) is 72.1 cm³/mol. The summed E-state index contributed by atoms with van der Waals surface area (Å²) >= 11 is 5.82. The number of ether oxygens (including phenoxy) is 2. The molecule has 5 heteroatoms. The number of alkyl halides is 1. The van der Waals surface area contributed by atoms with Crippen LogP contribution in [-0.2, 0) is 14.3 Å². The van der Waals surface area contributed by atoms with Crippen molar-refractivity contribution in [1.29, 1.82) is 0 Å². The molecular formula is C14H15ClO4. The summed E-state index contributed by atoms with van der Waals surface area (Å²) in [6.07, 6.45) is 0. The first-order chi connectivity index (χ1) is 9.06. The lowest BCUT2D eigenvalue weighted by atomic mass is 10.2. The Morgan fingerprint density at radius 3 is 2.47 bits per heavy atom. The molecule has 0 aliphatic rings. The van der Waals surface area contributed by atoms with Crippen LogP contribution < -0.4 is 0 Å². The van der Waals surface area contributed by atoms with Gasteiger partial charge in [0.25, 0.3) is 0 Å². The Morgan fingerprint density at radius 1 is 1.26 bits per heavy atom. The molecule has 1 atom stereocenters. The molecule has 0 amide bonds. The van der Waals surface area contributed by atoms with Crippen molar-refractivity contribution in [2.75, 3.05) is 13.2 Å². The second-order valence-electron chi connectivity index (χ2n) is 3.72. The van der Waals surface area contributed by atoms with Crippen LogP contribution in [0.3, 0.4) is 0 Å². The van der Waals surface area contributed by atoms with Crippen LogP contribution in [0.5, 0.6) is 0 Å². The van der Waals surface area contributed by atoms with Crippen LogP contribution in [0.4, 0.5) is 0 Å². The van der Waals surface area contributed by atoms with Gasteiger partial charge in [0.05, 0.1) is 12.2 Å². The van der Waals surface area contributed by atoms with E-state index in [1.807, 2.05) is 0 Å². The third kappa shape index (κ3) is 4.75. The number of halogens is 1. The molecule has 1 aromatic carbocycles. The van der Waals surface area contributed by atoms with Gasteiger partial charge in [0, 0.05) is 0 Å². The Morgan fingerprint density at radius 2 is 1.89 bits per heavy atom. The van der Waals surface area contributed by atoms with Crippen molar-refractivity contribution < 1.29 is 19.1 Å². The first-order valence-corrected chi connectivity index (χ1v) is 6.20. The van der Waals surface area contributed by atoms with Crippen molar-refractivity contribution in [2.24, 2.45) is 0 Å². The van der Waals surface area contributed by atoms with Gasteiger partial charge >= 0.3 is 11.9 Å². The van der Waals surface area contributed by atoms with E-state index in [-0.39, 0.29) is 18.8 Å². The monoisotopic (exact) mass is 282 g/mol. The number of rotatable bonds is 6. The molecule has 0 N–H and O–H groups in total. The van der Waals surface area contributed by atoms with Gasteiger partial charge in [-0.05, 0) is 24.6 Å². The molecule has 0 saturated heterocycles. The molecule has 1 rings (SSSR count). The SMILES string of the molecule is C=C(COC(=O)c1ccccc1)C(Cl)C(=O)OCC. The van der Waals surface area contributed by atoms with Gasteiger partial charge in [-0.25, -0.2) is 4.79 Å². The zero-order valence-electron chi connectivity index (χ0n) is 10.6. The molecule has 19 heavy (non-hydrogen) atoms. The second kappa shape index (κ2) is 7.59. The summed E-state index contributed by atoms with van der Waals surface area (Å²) in [6, 6.07) is 8.53. The van der Waals surface area contributed by atoms with Gasteiger partial charge in [0.2, 0.25) is 0 Å². The van der Waals surface area contributed by atoms with Crippen LogP contribution in [0.25, 0.3) is 0 Å². The van der Waals surface area contributed by atoms with Gasteiger partial charge in [-0.15, -0.1) is 11.6 Å². The van der Waals surface area contributed by atoms with Crippen molar-refractivity contribution in [3.05, 3.63) is 48.0 Å². The average molecular weight is 283 g/mol. The Kier molecular flexibility index (Phi) is 6.09. The average Bonchev–Trinajstić information content (AvgIpc) is 2.44. The van der Waals surface area contributed by atoms with Crippen molar-refractivity contribution in [3.8, 4) is 0 Å². The summed E-state index contributed by atoms with van der Waals surface area (Å²) in [5.74, 6) is -1.08. The maximum atomic E-state index is 11.6. The van der Waals surface area contributed by atoms with Gasteiger partial charge in [0.15, 0.2) is 5.38 Å². The van der Waals surface area contributed by atoms with Crippen LogP contribution in [0.1, 0.15) is 17.3 Å². The first-order valence-electron chi connectivity index (χ1n) is 5.76. The van der Waals surface area contributed by atoms with E-state index in [0.29, 0.717) is 5.56 Å². The van der Waals surface area contributed by atoms with Gasteiger partial charge in [-0.2, -0.15) is 0 Å². The van der Waals surface area contributed by atoms with Crippen LogP contribution in [0.15, 0.2) is 42.5 Å². The number of hydrogen-bond donors (Lipinski definition) is 0. The molecule has 0 aliphatic carbocycles. The molecule has 0 heterocycles. The minimum Gasteiger partial charge on any atom is -0.465 e. The number of esters is 2. The molecule has 1 unspecified atom stereocenters. The molecule has 4 nitrogen and oxygen atoms in total. The summed E-state index contributed by atoms with van der Waals surface area (Å²) in [5, 5.41) is -1.01. The fourth-order valence-corrected chi connectivity index (χ4v) is 1.40.